The number of allylic oxidation sites excluding steroid dienone is 4. The van der Waals surface area contributed by atoms with Crippen molar-refractivity contribution >= 4 is 55.9 Å². The summed E-state index contributed by atoms with van der Waals surface area (Å²) in [4.78, 5) is 5.29. The molecule has 0 aromatic heterocycles. The Bertz CT molecular complexity index is 2990. The zero-order chi connectivity index (χ0) is 43.1. The lowest BCUT2D eigenvalue weighted by Crippen LogP contribution is -2.08. The number of hydrogen-bond donors (Lipinski definition) is 0. The van der Waals surface area contributed by atoms with Crippen LogP contribution in [0.3, 0.4) is 0 Å². The molecule has 1 aliphatic rings. The number of fused-ring (bicyclic) bond motifs is 2. The van der Waals surface area contributed by atoms with Crippen molar-refractivity contribution in [3.05, 3.63) is 248 Å². The summed E-state index contributed by atoms with van der Waals surface area (Å²) < 4.78 is 0. The van der Waals surface area contributed by atoms with Crippen molar-refractivity contribution in [1.29, 1.82) is 0 Å². The first-order valence-electron chi connectivity index (χ1n) is 21.3. The molecule has 62 heavy (non-hydrogen) atoms. The van der Waals surface area contributed by atoms with E-state index in [1.165, 1.54) is 41.1 Å². The first kappa shape index (κ1) is 41.5. The molecule has 0 aliphatic heterocycles. The van der Waals surface area contributed by atoms with Crippen molar-refractivity contribution in [3.63, 3.8) is 0 Å². The number of rotatable bonds is 11. The third-order valence-electron chi connectivity index (χ3n) is 11.7. The Morgan fingerprint density at radius 1 is 0.452 bits per heavy atom. The molecule has 0 saturated heterocycles. The van der Waals surface area contributed by atoms with Crippen LogP contribution in [-0.4, -0.2) is 0 Å². The summed E-state index contributed by atoms with van der Waals surface area (Å²) in [5.74, 6) is 0. The van der Waals surface area contributed by atoms with Crippen LogP contribution in [0.15, 0.2) is 241 Å². The second-order valence-electron chi connectivity index (χ2n) is 15.3. The van der Waals surface area contributed by atoms with Gasteiger partial charge in [-0.1, -0.05) is 196 Å². The maximum Gasteiger partial charge on any atom is 0.00294 e. The summed E-state index contributed by atoms with van der Waals surface area (Å²) in [5, 5.41) is 4.79. The molecule has 0 radical (unpaired) electrons. The average molecular weight is 817 g/mol. The minimum Gasteiger partial charge on any atom is -0.133 e. The lowest BCUT2D eigenvalue weighted by Gasteiger charge is -2.43. The molecule has 8 aromatic carbocycles. The fourth-order valence-corrected chi connectivity index (χ4v) is 13.0. The Labute approximate surface area is 370 Å². The quantitative estimate of drug-likeness (QED) is 0.114. The van der Waals surface area contributed by atoms with Gasteiger partial charge in [-0.3, -0.25) is 0 Å². The highest BCUT2D eigenvalue weighted by atomic mass is 32.3. The molecule has 0 fully saturated rings. The molecule has 0 heterocycles. The van der Waals surface area contributed by atoms with Gasteiger partial charge in [0.05, 0.1) is 0 Å². The van der Waals surface area contributed by atoms with Crippen LogP contribution in [0, 0.1) is 0 Å². The second-order valence-corrected chi connectivity index (χ2v) is 18.4. The zero-order valence-electron chi connectivity index (χ0n) is 35.6. The van der Waals surface area contributed by atoms with Crippen molar-refractivity contribution in [3.8, 4) is 33.4 Å². The fraction of sp³-hybridized carbons (Fsp3) is 0.0492. The van der Waals surface area contributed by atoms with Gasteiger partial charge < -0.3 is 0 Å². The summed E-state index contributed by atoms with van der Waals surface area (Å²) in [6.07, 6.45) is 18.9. The molecule has 8 aromatic rings. The zero-order valence-corrected chi connectivity index (χ0v) is 36.4. The Morgan fingerprint density at radius 2 is 1.03 bits per heavy atom. The van der Waals surface area contributed by atoms with Crippen LogP contribution in [0.5, 0.6) is 0 Å². The largest absolute Gasteiger partial charge is 0.133 e. The van der Waals surface area contributed by atoms with Crippen molar-refractivity contribution < 1.29 is 0 Å². The summed E-state index contributed by atoms with van der Waals surface area (Å²) >= 11 is 0. The smallest absolute Gasteiger partial charge is 0.00294 e. The van der Waals surface area contributed by atoms with E-state index in [9.17, 15) is 0 Å². The van der Waals surface area contributed by atoms with Crippen LogP contribution in [0.4, 0.5) is 0 Å². The maximum absolute atomic E-state index is 4.48. The molecular formula is C61H52S. The normalized spacial score (nSPS) is 12.4. The summed E-state index contributed by atoms with van der Waals surface area (Å²) in [7, 11) is -1.91. The summed E-state index contributed by atoms with van der Waals surface area (Å²) in [6, 6.07) is 60.3. The van der Waals surface area contributed by atoms with E-state index in [4.69, 9.17) is 0 Å². The van der Waals surface area contributed by atoms with Crippen LogP contribution in [0.2, 0.25) is 0 Å². The molecular weight excluding hydrogens is 765 g/mol. The fourth-order valence-electron chi connectivity index (χ4n) is 9.03. The first-order valence-corrected chi connectivity index (χ1v) is 22.9. The van der Waals surface area contributed by atoms with Crippen LogP contribution in [0.1, 0.15) is 42.0 Å². The third-order valence-corrected chi connectivity index (χ3v) is 15.6. The van der Waals surface area contributed by atoms with Gasteiger partial charge in [0, 0.05) is 14.7 Å². The molecule has 0 nitrogen and oxygen atoms in total. The average Bonchev–Trinajstić information content (AvgIpc) is 3.34. The highest BCUT2D eigenvalue weighted by molar-refractivity contribution is 8.37. The summed E-state index contributed by atoms with van der Waals surface area (Å²) in [6.45, 7) is 22.4. The second kappa shape index (κ2) is 18.6. The molecule has 302 valence electrons. The molecule has 0 saturated carbocycles. The van der Waals surface area contributed by atoms with Crippen LogP contribution in [0.25, 0.3) is 79.2 Å². The topological polar surface area (TPSA) is 0 Å². The van der Waals surface area contributed by atoms with Gasteiger partial charge >= 0.3 is 0 Å². The minimum absolute atomic E-state index is 1.02. The summed E-state index contributed by atoms with van der Waals surface area (Å²) in [5.41, 5.74) is 11.1. The molecule has 9 rings (SSSR count). The van der Waals surface area contributed by atoms with E-state index in [1.54, 1.807) is 6.08 Å². The first-order chi connectivity index (χ1) is 30.5. The minimum atomic E-state index is -1.91. The van der Waals surface area contributed by atoms with Gasteiger partial charge in [-0.05, 0) is 144 Å². The Balaban J connectivity index is 0.00000171. The highest BCUT2D eigenvalue weighted by Crippen LogP contribution is 2.74. The van der Waals surface area contributed by atoms with Gasteiger partial charge in [-0.15, -0.1) is 16.6 Å². The lowest BCUT2D eigenvalue weighted by molar-refractivity contribution is 1.03. The Kier molecular flexibility index (Phi) is 12.5. The lowest BCUT2D eigenvalue weighted by atomic mass is 9.83. The van der Waals surface area contributed by atoms with Crippen LogP contribution in [-0.2, 0) is 0 Å². The van der Waals surface area contributed by atoms with E-state index < -0.39 is 10.0 Å². The Hall–Kier alpha value is -7.19. The SMILES string of the molecule is C=CC.C=Cc1cccc(-c2ccc(-c3c(C=C)c(C=C)c(-c4ccc5ccccc5c4)c4ccc(S(C5=CCCC=C5)(c5ccccc5)c5ccccc5)cc34)cc2)c1C=C. The van der Waals surface area contributed by atoms with Crippen LogP contribution >= 0.6 is 10.0 Å². The van der Waals surface area contributed by atoms with E-state index in [2.05, 4.69) is 215 Å². The van der Waals surface area contributed by atoms with E-state index in [1.807, 2.05) is 31.2 Å². The molecule has 0 spiro atoms. The Morgan fingerprint density at radius 3 is 1.63 bits per heavy atom. The van der Waals surface area contributed by atoms with Gasteiger partial charge in [0.15, 0.2) is 0 Å². The third kappa shape index (κ3) is 7.46. The maximum atomic E-state index is 4.48. The van der Waals surface area contributed by atoms with E-state index in [0.29, 0.717) is 0 Å². The van der Waals surface area contributed by atoms with Gasteiger partial charge in [0.1, 0.15) is 0 Å². The van der Waals surface area contributed by atoms with Gasteiger partial charge in [-0.2, -0.15) is 0 Å². The standard InChI is InChI=1S/C58H46S.C3H6/c1-5-41-23-20-30-54(51(41)6-2)43-32-34-44(35-33-43)57-52(7-3)53(8-4)58(46-36-31-42-21-18-19-22-45(42)39-46)55-38-37-50(40-56(55)57)59(47-24-12-9-13-25-47,48-26-14-10-15-27-48)49-28-16-11-17-29-49;1-3-2/h5-10,12-16,18-40H,1-4,11,17H2;3H,1H2,2H3. The van der Waals surface area contributed by atoms with Crippen molar-refractivity contribution in [2.24, 2.45) is 0 Å². The molecule has 1 heteroatoms. The van der Waals surface area contributed by atoms with Gasteiger partial charge in [0.25, 0.3) is 0 Å². The van der Waals surface area contributed by atoms with Crippen molar-refractivity contribution in [2.75, 3.05) is 0 Å². The van der Waals surface area contributed by atoms with Crippen LogP contribution < -0.4 is 0 Å². The predicted octanol–water partition coefficient (Wildman–Crippen LogP) is 18.3. The van der Waals surface area contributed by atoms with E-state index in [0.717, 1.165) is 68.5 Å². The van der Waals surface area contributed by atoms with Gasteiger partial charge in [0.2, 0.25) is 0 Å². The highest BCUT2D eigenvalue weighted by Gasteiger charge is 2.35. The molecule has 1 aliphatic carbocycles. The monoisotopic (exact) mass is 816 g/mol. The molecule has 0 amide bonds. The predicted molar refractivity (Wildman–Crippen MR) is 276 cm³/mol. The molecule has 0 N–H and O–H groups in total. The molecule has 0 unspecified atom stereocenters. The number of hydrogen-bond acceptors (Lipinski definition) is 0. The van der Waals surface area contributed by atoms with E-state index in [-0.39, 0.29) is 0 Å². The van der Waals surface area contributed by atoms with E-state index >= 15 is 0 Å². The van der Waals surface area contributed by atoms with Gasteiger partial charge in [-0.25, -0.2) is 0 Å². The molecule has 0 bridgehead atoms. The molecule has 0 atom stereocenters. The number of benzene rings is 8. The van der Waals surface area contributed by atoms with Crippen molar-refractivity contribution in [1.82, 2.24) is 0 Å². The van der Waals surface area contributed by atoms with Crippen molar-refractivity contribution in [2.45, 2.75) is 34.5 Å².